The van der Waals surface area contributed by atoms with Gasteiger partial charge in [0.15, 0.2) is 15.8 Å². The van der Waals surface area contributed by atoms with Gasteiger partial charge in [-0.25, -0.2) is 12.8 Å². The van der Waals surface area contributed by atoms with Gasteiger partial charge in [-0.15, -0.1) is 0 Å². The Bertz CT molecular complexity index is 818. The predicted molar refractivity (Wildman–Crippen MR) is 105 cm³/mol. The predicted octanol–water partition coefficient (Wildman–Crippen LogP) is 2.35. The van der Waals surface area contributed by atoms with Crippen LogP contribution in [-0.4, -0.2) is 51.1 Å². The molecule has 0 bridgehead atoms. The Labute approximate surface area is 165 Å². The van der Waals surface area contributed by atoms with Crippen LogP contribution in [0, 0.1) is 11.7 Å². The Hall–Kier alpha value is -2.16. The zero-order chi connectivity index (χ0) is 20.7. The number of carbonyl (C=O) groups excluding carboxylic acids is 1. The molecule has 1 heterocycles. The minimum atomic E-state index is -3.58. The summed E-state index contributed by atoms with van der Waals surface area (Å²) >= 11 is 0. The fourth-order valence-corrected chi connectivity index (χ4v) is 3.89. The second-order valence-electron chi connectivity index (χ2n) is 7.00. The Balaban J connectivity index is 1.72. The molecule has 1 fully saturated rings. The fraction of sp³-hybridized carbons (Fsp3) is 0.579. The number of ether oxygens (including phenoxy) is 1. The van der Waals surface area contributed by atoms with E-state index in [-0.39, 0.29) is 10.8 Å². The molecule has 2 N–H and O–H groups in total. The van der Waals surface area contributed by atoms with Crippen molar-refractivity contribution >= 4 is 21.7 Å². The van der Waals surface area contributed by atoms with Gasteiger partial charge < -0.3 is 15.4 Å². The number of carbonyl (C=O) groups is 1. The van der Waals surface area contributed by atoms with Gasteiger partial charge in [-0.1, -0.05) is 6.92 Å². The number of benzene rings is 1. The highest BCUT2D eigenvalue weighted by molar-refractivity contribution is 7.90. The first-order valence-electron chi connectivity index (χ1n) is 9.45. The van der Waals surface area contributed by atoms with E-state index in [1.165, 1.54) is 12.1 Å². The molecule has 0 aromatic heterocycles. The third kappa shape index (κ3) is 6.47. The topological polar surface area (TPSA) is 102 Å². The Kier molecular flexibility index (Phi) is 7.79. The van der Waals surface area contributed by atoms with Crippen molar-refractivity contribution in [3.63, 3.8) is 0 Å². The zero-order valence-electron chi connectivity index (χ0n) is 16.4. The van der Waals surface area contributed by atoms with Crippen molar-refractivity contribution in [3.8, 4) is 5.75 Å². The van der Waals surface area contributed by atoms with Crippen LogP contribution in [0.1, 0.15) is 39.0 Å². The molecule has 0 saturated carbocycles. The van der Waals surface area contributed by atoms with Crippen LogP contribution in [0.5, 0.6) is 5.75 Å². The third-order valence-electron chi connectivity index (χ3n) is 4.81. The highest BCUT2D eigenvalue weighted by Gasteiger charge is 2.20. The van der Waals surface area contributed by atoms with Crippen LogP contribution in [0.4, 0.5) is 4.39 Å². The summed E-state index contributed by atoms with van der Waals surface area (Å²) in [5, 5.41) is 0. The van der Waals surface area contributed by atoms with E-state index in [4.69, 9.17) is 10.5 Å². The van der Waals surface area contributed by atoms with Crippen LogP contribution in [0.3, 0.4) is 0 Å². The largest absolute Gasteiger partial charge is 0.493 e. The second-order valence-corrected chi connectivity index (χ2v) is 8.99. The standard InChI is InChI=1S/C19H28FN3O4S/c1-3-18(24)22-19(21)23-10-8-14(9-11-23)5-4-12-27-15-6-7-17(16(20)13-15)28(2,25)26/h6-7,13-14H,3-5,8-12H2,1-2H3,(H2,21,22,24). The molecule has 1 aliphatic heterocycles. The smallest absolute Gasteiger partial charge is 0.248 e. The van der Waals surface area contributed by atoms with Crippen LogP contribution in [-0.2, 0) is 14.6 Å². The molecule has 1 aromatic rings. The molecule has 0 spiro atoms. The molecular formula is C19H28FN3O4S. The van der Waals surface area contributed by atoms with Crippen molar-refractivity contribution in [2.45, 2.75) is 43.9 Å². The van der Waals surface area contributed by atoms with Gasteiger partial charge in [0.1, 0.15) is 16.5 Å². The number of aliphatic imine (C=N–C) groups is 1. The normalized spacial score (nSPS) is 16.2. The summed E-state index contributed by atoms with van der Waals surface area (Å²) in [4.78, 5) is 16.8. The molecule has 7 nitrogen and oxygen atoms in total. The second kappa shape index (κ2) is 9.86. The van der Waals surface area contributed by atoms with E-state index >= 15 is 0 Å². The molecule has 0 aliphatic carbocycles. The maximum Gasteiger partial charge on any atom is 0.248 e. The van der Waals surface area contributed by atoms with E-state index in [9.17, 15) is 17.6 Å². The fourth-order valence-electron chi connectivity index (χ4n) is 3.16. The van der Waals surface area contributed by atoms with Gasteiger partial charge in [0.25, 0.3) is 0 Å². The van der Waals surface area contributed by atoms with Crippen LogP contribution >= 0.6 is 0 Å². The first-order valence-corrected chi connectivity index (χ1v) is 11.3. The summed E-state index contributed by atoms with van der Waals surface area (Å²) in [7, 11) is -3.58. The lowest BCUT2D eigenvalue weighted by Crippen LogP contribution is -2.43. The molecule has 1 saturated heterocycles. The number of halogens is 1. The van der Waals surface area contributed by atoms with Gasteiger partial charge in [-0.2, -0.15) is 4.99 Å². The molecular weight excluding hydrogens is 385 g/mol. The number of piperidine rings is 1. The number of guanidine groups is 1. The van der Waals surface area contributed by atoms with Crippen LogP contribution < -0.4 is 10.5 Å². The number of hydrogen-bond acceptors (Lipinski definition) is 4. The minimum Gasteiger partial charge on any atom is -0.493 e. The summed E-state index contributed by atoms with van der Waals surface area (Å²) in [6.07, 6.45) is 5.04. The zero-order valence-corrected chi connectivity index (χ0v) is 17.2. The number of rotatable bonds is 7. The van der Waals surface area contributed by atoms with E-state index in [1.807, 2.05) is 4.90 Å². The van der Waals surface area contributed by atoms with Crippen molar-refractivity contribution in [3.05, 3.63) is 24.0 Å². The third-order valence-corrected chi connectivity index (χ3v) is 5.94. The number of nitrogens with two attached hydrogens (primary N) is 1. The van der Waals surface area contributed by atoms with Crippen molar-refractivity contribution in [1.29, 1.82) is 0 Å². The van der Waals surface area contributed by atoms with Gasteiger partial charge in [-0.05, 0) is 43.7 Å². The van der Waals surface area contributed by atoms with Crippen molar-refractivity contribution < 1.29 is 22.3 Å². The maximum absolute atomic E-state index is 13.8. The Morgan fingerprint density at radius 1 is 1.36 bits per heavy atom. The van der Waals surface area contributed by atoms with E-state index < -0.39 is 15.7 Å². The average Bonchev–Trinajstić information content (AvgIpc) is 2.64. The average molecular weight is 414 g/mol. The first-order chi connectivity index (χ1) is 13.2. The Morgan fingerprint density at radius 2 is 2.04 bits per heavy atom. The highest BCUT2D eigenvalue weighted by Crippen LogP contribution is 2.23. The highest BCUT2D eigenvalue weighted by atomic mass is 32.2. The number of nitrogens with zero attached hydrogens (tertiary/aromatic N) is 2. The molecule has 156 valence electrons. The van der Waals surface area contributed by atoms with E-state index in [0.29, 0.717) is 30.7 Å². The van der Waals surface area contributed by atoms with Gasteiger partial charge in [0, 0.05) is 31.8 Å². The van der Waals surface area contributed by atoms with E-state index in [1.54, 1.807) is 6.92 Å². The summed E-state index contributed by atoms with van der Waals surface area (Å²) < 4.78 is 42.2. The number of amides is 1. The van der Waals surface area contributed by atoms with Crippen LogP contribution in [0.15, 0.2) is 28.1 Å². The number of sulfone groups is 1. The van der Waals surface area contributed by atoms with Gasteiger partial charge >= 0.3 is 0 Å². The lowest BCUT2D eigenvalue weighted by atomic mass is 9.92. The Morgan fingerprint density at radius 3 is 2.61 bits per heavy atom. The number of likely N-dealkylation sites (tertiary alicyclic amines) is 1. The van der Waals surface area contributed by atoms with Crippen molar-refractivity contribution in [2.24, 2.45) is 16.6 Å². The quantitative estimate of drug-likeness (QED) is 0.418. The van der Waals surface area contributed by atoms with E-state index in [2.05, 4.69) is 4.99 Å². The van der Waals surface area contributed by atoms with Crippen molar-refractivity contribution in [1.82, 2.24) is 4.90 Å². The molecule has 2 rings (SSSR count). The molecule has 1 aliphatic rings. The molecule has 0 radical (unpaired) electrons. The summed E-state index contributed by atoms with van der Waals surface area (Å²) in [5.74, 6) is 0.155. The molecule has 0 unspecified atom stereocenters. The lowest BCUT2D eigenvalue weighted by molar-refractivity contribution is -0.117. The monoisotopic (exact) mass is 413 g/mol. The SMILES string of the molecule is CCC(=O)N=C(N)N1CCC(CCCOc2ccc(S(C)(=O)=O)c(F)c2)CC1. The van der Waals surface area contributed by atoms with Gasteiger partial charge in [-0.3, -0.25) is 4.79 Å². The summed E-state index contributed by atoms with van der Waals surface area (Å²) in [5.41, 5.74) is 5.87. The number of hydrogen-bond donors (Lipinski definition) is 1. The molecule has 28 heavy (non-hydrogen) atoms. The van der Waals surface area contributed by atoms with Gasteiger partial charge in [0.05, 0.1) is 6.61 Å². The van der Waals surface area contributed by atoms with Crippen LogP contribution in [0.2, 0.25) is 0 Å². The van der Waals surface area contributed by atoms with Gasteiger partial charge in [0.2, 0.25) is 5.91 Å². The molecule has 1 aromatic carbocycles. The summed E-state index contributed by atoms with van der Waals surface area (Å²) in [6, 6.07) is 3.80. The van der Waals surface area contributed by atoms with Crippen molar-refractivity contribution in [2.75, 3.05) is 26.0 Å². The lowest BCUT2D eigenvalue weighted by Gasteiger charge is -2.32. The van der Waals surface area contributed by atoms with Crippen LogP contribution in [0.25, 0.3) is 0 Å². The van der Waals surface area contributed by atoms with E-state index in [0.717, 1.165) is 51.1 Å². The molecule has 1 amide bonds. The summed E-state index contributed by atoms with van der Waals surface area (Å²) in [6.45, 7) is 3.74. The first kappa shape index (κ1) is 22.1. The minimum absolute atomic E-state index is 0.210. The molecule has 0 atom stereocenters. The maximum atomic E-state index is 13.8. The molecule has 9 heteroatoms.